The number of ether oxygens (including phenoxy) is 2. The molecule has 0 aromatic heterocycles. The van der Waals surface area contributed by atoms with E-state index < -0.39 is 11.7 Å². The van der Waals surface area contributed by atoms with Crippen LogP contribution in [-0.2, 0) is 9.53 Å². The maximum Gasteiger partial charge on any atom is 0.407 e. The van der Waals surface area contributed by atoms with E-state index >= 15 is 0 Å². The predicted octanol–water partition coefficient (Wildman–Crippen LogP) is 3.28. The topological polar surface area (TPSA) is 76.7 Å². The number of para-hydroxylation sites is 1. The predicted molar refractivity (Wildman–Crippen MR) is 95.9 cm³/mol. The summed E-state index contributed by atoms with van der Waals surface area (Å²) in [7, 11) is 0. The van der Waals surface area contributed by atoms with Crippen molar-refractivity contribution in [1.82, 2.24) is 10.6 Å². The highest BCUT2D eigenvalue weighted by Gasteiger charge is 2.32. The van der Waals surface area contributed by atoms with Gasteiger partial charge in [-0.25, -0.2) is 4.79 Å². The zero-order chi connectivity index (χ0) is 18.4. The van der Waals surface area contributed by atoms with Crippen LogP contribution in [0.2, 0.25) is 5.02 Å². The number of hydrogen-bond donors (Lipinski definition) is 2. The number of alkyl carbamates (subject to hydrolysis) is 1. The molecule has 0 spiro atoms. The fourth-order valence-electron chi connectivity index (χ4n) is 2.44. The third-order valence-corrected chi connectivity index (χ3v) is 3.96. The summed E-state index contributed by atoms with van der Waals surface area (Å²) >= 11 is 5.98. The van der Waals surface area contributed by atoms with Gasteiger partial charge in [0.2, 0.25) is 5.91 Å². The minimum atomic E-state index is -0.511. The quantitative estimate of drug-likeness (QED) is 0.807. The van der Waals surface area contributed by atoms with Crippen molar-refractivity contribution in [2.45, 2.75) is 57.7 Å². The van der Waals surface area contributed by atoms with Crippen LogP contribution in [0.15, 0.2) is 24.3 Å². The van der Waals surface area contributed by atoms with E-state index in [2.05, 4.69) is 10.6 Å². The molecule has 0 atom stereocenters. The van der Waals surface area contributed by atoms with Gasteiger partial charge in [0.15, 0.2) is 0 Å². The van der Waals surface area contributed by atoms with Gasteiger partial charge in [-0.2, -0.15) is 0 Å². The van der Waals surface area contributed by atoms with Crippen molar-refractivity contribution in [3.05, 3.63) is 29.3 Å². The lowest BCUT2D eigenvalue weighted by molar-refractivity contribution is -0.122. The molecular formula is C18H25ClN2O4. The second kappa shape index (κ2) is 8.43. The third kappa shape index (κ3) is 6.82. The van der Waals surface area contributed by atoms with Crippen LogP contribution >= 0.6 is 11.6 Å². The molecule has 2 amide bonds. The number of halogens is 1. The summed E-state index contributed by atoms with van der Waals surface area (Å²) in [6.45, 7) is 5.73. The Morgan fingerprint density at radius 3 is 2.44 bits per heavy atom. The summed E-state index contributed by atoms with van der Waals surface area (Å²) in [6, 6.07) is 7.27. The Kier molecular flexibility index (Phi) is 6.53. The molecular weight excluding hydrogens is 344 g/mol. The Hall–Kier alpha value is -1.95. The van der Waals surface area contributed by atoms with Gasteiger partial charge in [0, 0.05) is 12.1 Å². The van der Waals surface area contributed by atoms with Gasteiger partial charge in [-0.3, -0.25) is 4.79 Å². The van der Waals surface area contributed by atoms with Crippen molar-refractivity contribution in [2.24, 2.45) is 0 Å². The number of carbonyl (C=O) groups excluding carboxylic acids is 2. The summed E-state index contributed by atoms with van der Waals surface area (Å²) in [6.07, 6.45) is 1.24. The average molecular weight is 369 g/mol. The van der Waals surface area contributed by atoms with Crippen molar-refractivity contribution in [1.29, 1.82) is 0 Å². The molecule has 1 aromatic carbocycles. The summed E-state index contributed by atoms with van der Waals surface area (Å²) in [5.74, 6) is 0.495. The van der Waals surface area contributed by atoms with Gasteiger partial charge in [0.1, 0.15) is 11.4 Å². The Morgan fingerprint density at radius 2 is 1.80 bits per heavy atom. The average Bonchev–Trinajstić information content (AvgIpc) is 2.45. The van der Waals surface area contributed by atoms with Crippen LogP contribution in [-0.4, -0.2) is 36.3 Å². The van der Waals surface area contributed by atoms with Crippen molar-refractivity contribution < 1.29 is 19.1 Å². The maximum absolute atomic E-state index is 11.9. The summed E-state index contributed by atoms with van der Waals surface area (Å²) < 4.78 is 10.7. The van der Waals surface area contributed by atoms with E-state index in [-0.39, 0.29) is 31.0 Å². The molecule has 0 unspecified atom stereocenters. The lowest BCUT2D eigenvalue weighted by Gasteiger charge is -2.36. The third-order valence-electron chi connectivity index (χ3n) is 3.65. The minimum Gasteiger partial charge on any atom is -0.491 e. The molecule has 0 aliphatic heterocycles. The molecule has 1 aliphatic carbocycles. The zero-order valence-electron chi connectivity index (χ0n) is 14.8. The van der Waals surface area contributed by atoms with Gasteiger partial charge in [0.05, 0.1) is 18.1 Å². The second-order valence-electron chi connectivity index (χ2n) is 7.11. The van der Waals surface area contributed by atoms with E-state index in [1.54, 1.807) is 12.1 Å². The number of hydrogen-bond acceptors (Lipinski definition) is 4. The first-order valence-corrected chi connectivity index (χ1v) is 8.77. The van der Waals surface area contributed by atoms with Crippen LogP contribution in [0.3, 0.4) is 0 Å². The van der Waals surface area contributed by atoms with Crippen LogP contribution in [0.1, 0.15) is 40.0 Å². The number of amides is 2. The highest BCUT2D eigenvalue weighted by Crippen LogP contribution is 2.23. The largest absolute Gasteiger partial charge is 0.491 e. The van der Waals surface area contributed by atoms with Crippen LogP contribution in [0.25, 0.3) is 0 Å². The number of carbonyl (C=O) groups is 2. The molecule has 0 bridgehead atoms. The first-order valence-electron chi connectivity index (χ1n) is 8.39. The first kappa shape index (κ1) is 19.4. The van der Waals surface area contributed by atoms with E-state index in [1.807, 2.05) is 32.9 Å². The van der Waals surface area contributed by atoms with Gasteiger partial charge in [-0.05, 0) is 45.7 Å². The molecule has 2 N–H and O–H groups in total. The van der Waals surface area contributed by atoms with Crippen molar-refractivity contribution in [3.63, 3.8) is 0 Å². The Bertz CT molecular complexity index is 609. The van der Waals surface area contributed by atoms with Crippen LogP contribution in [0, 0.1) is 0 Å². The summed E-state index contributed by atoms with van der Waals surface area (Å²) in [5.41, 5.74) is -0.511. The van der Waals surface area contributed by atoms with Crippen LogP contribution in [0.4, 0.5) is 4.79 Å². The molecule has 7 heteroatoms. The van der Waals surface area contributed by atoms with Gasteiger partial charge < -0.3 is 20.1 Å². The Balaban J connectivity index is 1.59. The number of benzene rings is 1. The van der Waals surface area contributed by atoms with E-state index in [4.69, 9.17) is 21.1 Å². The van der Waals surface area contributed by atoms with Crippen LogP contribution in [0.5, 0.6) is 5.75 Å². The van der Waals surface area contributed by atoms with Crippen molar-refractivity contribution in [2.75, 3.05) is 6.61 Å². The van der Waals surface area contributed by atoms with Crippen molar-refractivity contribution >= 4 is 23.6 Å². The molecule has 2 rings (SSSR count). The lowest BCUT2D eigenvalue weighted by Crippen LogP contribution is -2.54. The molecule has 0 saturated heterocycles. The SMILES string of the molecule is CC(C)(C)OC(=O)NC1CC(NC(=O)CCOc2ccccc2Cl)C1. The van der Waals surface area contributed by atoms with E-state index in [0.717, 1.165) is 0 Å². The Morgan fingerprint density at radius 1 is 1.16 bits per heavy atom. The fourth-order valence-corrected chi connectivity index (χ4v) is 2.63. The molecule has 1 fully saturated rings. The van der Waals surface area contributed by atoms with E-state index in [0.29, 0.717) is 23.6 Å². The molecule has 25 heavy (non-hydrogen) atoms. The Labute approximate surface area is 153 Å². The van der Waals surface area contributed by atoms with Gasteiger partial charge >= 0.3 is 6.09 Å². The molecule has 1 aromatic rings. The number of rotatable bonds is 6. The van der Waals surface area contributed by atoms with E-state index in [9.17, 15) is 9.59 Å². The summed E-state index contributed by atoms with van der Waals surface area (Å²) in [4.78, 5) is 23.5. The molecule has 1 saturated carbocycles. The van der Waals surface area contributed by atoms with Gasteiger partial charge in [-0.1, -0.05) is 23.7 Å². The molecule has 6 nitrogen and oxygen atoms in total. The smallest absolute Gasteiger partial charge is 0.407 e. The van der Waals surface area contributed by atoms with Crippen molar-refractivity contribution in [3.8, 4) is 5.75 Å². The lowest BCUT2D eigenvalue weighted by atomic mass is 9.87. The zero-order valence-corrected chi connectivity index (χ0v) is 15.6. The van der Waals surface area contributed by atoms with E-state index in [1.165, 1.54) is 0 Å². The number of nitrogens with one attached hydrogen (secondary N) is 2. The molecule has 0 heterocycles. The molecule has 138 valence electrons. The molecule has 0 radical (unpaired) electrons. The first-order chi connectivity index (χ1) is 11.7. The van der Waals surface area contributed by atoms with Crippen LogP contribution < -0.4 is 15.4 Å². The van der Waals surface area contributed by atoms with Gasteiger partial charge in [-0.15, -0.1) is 0 Å². The maximum atomic E-state index is 11.9. The standard InChI is InChI=1S/C18H25ClN2O4/c1-18(2,3)25-17(23)21-13-10-12(11-13)20-16(22)8-9-24-15-7-5-4-6-14(15)19/h4-7,12-13H,8-11H2,1-3H3,(H,20,22)(H,21,23). The fraction of sp³-hybridized carbons (Fsp3) is 0.556. The monoisotopic (exact) mass is 368 g/mol. The summed E-state index contributed by atoms with van der Waals surface area (Å²) in [5, 5.41) is 6.25. The normalized spacial score (nSPS) is 19.5. The second-order valence-corrected chi connectivity index (χ2v) is 7.52. The highest BCUT2D eigenvalue weighted by atomic mass is 35.5. The highest BCUT2D eigenvalue weighted by molar-refractivity contribution is 6.32. The minimum absolute atomic E-state index is 0.0412. The van der Waals surface area contributed by atoms with Gasteiger partial charge in [0.25, 0.3) is 0 Å². The molecule has 1 aliphatic rings.